The number of hydrogen-bond acceptors (Lipinski definition) is 3. The van der Waals surface area contributed by atoms with E-state index in [9.17, 15) is 9.59 Å². The van der Waals surface area contributed by atoms with Crippen LogP contribution in [0.1, 0.15) is 31.7 Å². The van der Waals surface area contributed by atoms with Crippen LogP contribution in [0.3, 0.4) is 0 Å². The first-order chi connectivity index (χ1) is 14.6. The van der Waals surface area contributed by atoms with Gasteiger partial charge < -0.3 is 10.2 Å². The summed E-state index contributed by atoms with van der Waals surface area (Å²) >= 11 is 0. The van der Waals surface area contributed by atoms with Crippen molar-refractivity contribution >= 4 is 11.8 Å². The van der Waals surface area contributed by atoms with E-state index < -0.39 is 0 Å². The van der Waals surface area contributed by atoms with Gasteiger partial charge in [-0.15, -0.1) is 0 Å². The lowest BCUT2D eigenvalue weighted by molar-refractivity contribution is -0.132. The zero-order valence-electron chi connectivity index (χ0n) is 17.5. The molecule has 3 aromatic rings. The van der Waals surface area contributed by atoms with Crippen LogP contribution in [0.2, 0.25) is 0 Å². The minimum absolute atomic E-state index is 0.0619. The minimum Gasteiger partial charge on any atom is -0.356 e. The van der Waals surface area contributed by atoms with Gasteiger partial charge in [-0.25, -0.2) is 4.68 Å². The summed E-state index contributed by atoms with van der Waals surface area (Å²) in [6.45, 7) is 3.06. The molecule has 6 heteroatoms. The Labute approximate surface area is 177 Å². The van der Waals surface area contributed by atoms with Gasteiger partial charge in [-0.1, -0.05) is 55.5 Å². The number of aromatic nitrogens is 2. The fourth-order valence-electron chi connectivity index (χ4n) is 3.19. The van der Waals surface area contributed by atoms with Crippen LogP contribution in [-0.2, 0) is 16.1 Å². The summed E-state index contributed by atoms with van der Waals surface area (Å²) in [5.41, 5.74) is 3.76. The lowest BCUT2D eigenvalue weighted by Crippen LogP contribution is -2.29. The number of para-hydroxylation sites is 1. The van der Waals surface area contributed by atoms with Gasteiger partial charge in [0.1, 0.15) is 0 Å². The zero-order chi connectivity index (χ0) is 21.3. The first kappa shape index (κ1) is 21.3. The summed E-state index contributed by atoms with van der Waals surface area (Å²) in [5.74, 6) is -0.145. The molecule has 0 atom stereocenters. The zero-order valence-corrected chi connectivity index (χ0v) is 17.5. The van der Waals surface area contributed by atoms with Crippen molar-refractivity contribution < 1.29 is 9.59 Å². The van der Waals surface area contributed by atoms with Crippen molar-refractivity contribution in [3.63, 3.8) is 0 Å². The van der Waals surface area contributed by atoms with Gasteiger partial charge in [0.15, 0.2) is 0 Å². The van der Waals surface area contributed by atoms with E-state index in [4.69, 9.17) is 5.10 Å². The molecule has 0 unspecified atom stereocenters. The molecule has 1 aromatic heterocycles. The molecule has 0 saturated carbocycles. The number of carbonyl (C=O) groups excluding carboxylic acids is 2. The summed E-state index contributed by atoms with van der Waals surface area (Å²) in [6, 6.07) is 19.9. The van der Waals surface area contributed by atoms with Crippen molar-refractivity contribution in [1.82, 2.24) is 20.0 Å². The van der Waals surface area contributed by atoms with Crippen LogP contribution in [0, 0.1) is 0 Å². The summed E-state index contributed by atoms with van der Waals surface area (Å²) in [6.07, 6.45) is 3.25. The van der Waals surface area contributed by atoms with Crippen molar-refractivity contribution in [1.29, 1.82) is 0 Å². The van der Waals surface area contributed by atoms with Crippen molar-refractivity contribution in [3.05, 3.63) is 72.4 Å². The standard InChI is InChI=1S/C24H28N4O2/c1-3-16-25-22(29)14-15-23(30)27(2)17-20-18-28(21-12-8-5-9-13-21)26-24(20)19-10-6-4-7-11-19/h4-13,18H,3,14-17H2,1-2H3,(H,25,29). The molecule has 6 nitrogen and oxygen atoms in total. The molecule has 1 heterocycles. The molecule has 30 heavy (non-hydrogen) atoms. The fourth-order valence-corrected chi connectivity index (χ4v) is 3.19. The Hall–Kier alpha value is -3.41. The van der Waals surface area contributed by atoms with Crippen molar-refractivity contribution in [2.45, 2.75) is 32.7 Å². The van der Waals surface area contributed by atoms with Crippen LogP contribution in [0.5, 0.6) is 0 Å². The number of rotatable bonds is 9. The summed E-state index contributed by atoms with van der Waals surface area (Å²) in [4.78, 5) is 26.0. The summed E-state index contributed by atoms with van der Waals surface area (Å²) < 4.78 is 1.84. The van der Waals surface area contributed by atoms with E-state index >= 15 is 0 Å². The van der Waals surface area contributed by atoms with Crippen molar-refractivity contribution in [2.24, 2.45) is 0 Å². The molecule has 0 aliphatic rings. The van der Waals surface area contributed by atoms with Crippen LogP contribution in [0.15, 0.2) is 66.9 Å². The molecule has 3 rings (SSSR count). The van der Waals surface area contributed by atoms with E-state index in [0.717, 1.165) is 28.9 Å². The second-order valence-electron chi connectivity index (χ2n) is 7.25. The smallest absolute Gasteiger partial charge is 0.223 e. The van der Waals surface area contributed by atoms with E-state index in [2.05, 4.69) is 5.32 Å². The van der Waals surface area contributed by atoms with Crippen LogP contribution >= 0.6 is 0 Å². The van der Waals surface area contributed by atoms with E-state index in [1.807, 2.05) is 78.5 Å². The second kappa shape index (κ2) is 10.4. The Balaban J connectivity index is 1.76. The van der Waals surface area contributed by atoms with Gasteiger partial charge in [-0.05, 0) is 18.6 Å². The largest absolute Gasteiger partial charge is 0.356 e. The minimum atomic E-state index is -0.0829. The Morgan fingerprint density at radius 3 is 2.33 bits per heavy atom. The number of nitrogens with one attached hydrogen (secondary N) is 1. The van der Waals surface area contributed by atoms with Crippen molar-refractivity contribution in [3.8, 4) is 16.9 Å². The molecule has 0 fully saturated rings. The highest BCUT2D eigenvalue weighted by atomic mass is 16.2. The van der Waals surface area contributed by atoms with Gasteiger partial charge in [-0.2, -0.15) is 5.10 Å². The van der Waals surface area contributed by atoms with Gasteiger partial charge in [0.2, 0.25) is 11.8 Å². The molecular formula is C24H28N4O2. The molecule has 0 bridgehead atoms. The molecule has 2 aromatic carbocycles. The van der Waals surface area contributed by atoms with E-state index in [0.29, 0.717) is 13.1 Å². The lowest BCUT2D eigenvalue weighted by Gasteiger charge is -2.17. The van der Waals surface area contributed by atoms with Crippen LogP contribution in [0.25, 0.3) is 16.9 Å². The predicted molar refractivity (Wildman–Crippen MR) is 118 cm³/mol. The molecule has 156 valence electrons. The van der Waals surface area contributed by atoms with Gasteiger partial charge >= 0.3 is 0 Å². The summed E-state index contributed by atoms with van der Waals surface area (Å²) in [7, 11) is 1.76. The Morgan fingerprint density at radius 2 is 1.67 bits per heavy atom. The molecule has 2 amide bonds. The topological polar surface area (TPSA) is 67.2 Å². The number of amides is 2. The third-order valence-corrected chi connectivity index (χ3v) is 4.83. The lowest BCUT2D eigenvalue weighted by atomic mass is 10.1. The first-order valence-electron chi connectivity index (χ1n) is 10.3. The van der Waals surface area contributed by atoms with Gasteiger partial charge in [0, 0.05) is 50.3 Å². The van der Waals surface area contributed by atoms with Gasteiger partial charge in [-0.3, -0.25) is 9.59 Å². The maximum absolute atomic E-state index is 12.6. The SMILES string of the molecule is CCCNC(=O)CCC(=O)N(C)Cc1cn(-c2ccccc2)nc1-c1ccccc1. The second-order valence-corrected chi connectivity index (χ2v) is 7.25. The maximum atomic E-state index is 12.6. The van der Waals surface area contributed by atoms with Crippen molar-refractivity contribution in [2.75, 3.05) is 13.6 Å². The first-order valence-corrected chi connectivity index (χ1v) is 10.3. The third-order valence-electron chi connectivity index (χ3n) is 4.83. The molecule has 0 spiro atoms. The highest BCUT2D eigenvalue weighted by molar-refractivity contribution is 5.83. The fraction of sp³-hybridized carbons (Fsp3) is 0.292. The van der Waals surface area contributed by atoms with Gasteiger partial charge in [0.05, 0.1) is 11.4 Å². The van der Waals surface area contributed by atoms with Crippen LogP contribution in [-0.4, -0.2) is 40.1 Å². The third kappa shape index (κ3) is 5.56. The summed E-state index contributed by atoms with van der Waals surface area (Å²) in [5, 5.41) is 7.59. The molecule has 0 saturated heterocycles. The van der Waals surface area contributed by atoms with E-state index in [1.54, 1.807) is 11.9 Å². The highest BCUT2D eigenvalue weighted by Gasteiger charge is 2.17. The average Bonchev–Trinajstić information content (AvgIpc) is 3.21. The molecule has 0 aliphatic carbocycles. The Kier molecular flexibility index (Phi) is 7.38. The molecule has 1 N–H and O–H groups in total. The van der Waals surface area contributed by atoms with Crippen LogP contribution in [0.4, 0.5) is 0 Å². The molecule has 0 aliphatic heterocycles. The predicted octanol–water partition coefficient (Wildman–Crippen LogP) is 3.80. The van der Waals surface area contributed by atoms with E-state index in [-0.39, 0.29) is 24.7 Å². The van der Waals surface area contributed by atoms with Crippen LogP contribution < -0.4 is 5.32 Å². The number of hydrogen-bond donors (Lipinski definition) is 1. The Morgan fingerprint density at radius 1 is 1.00 bits per heavy atom. The Bertz CT molecular complexity index is 967. The number of nitrogens with zero attached hydrogens (tertiary/aromatic N) is 3. The average molecular weight is 405 g/mol. The normalized spacial score (nSPS) is 10.6. The molecular weight excluding hydrogens is 376 g/mol. The maximum Gasteiger partial charge on any atom is 0.223 e. The number of carbonyl (C=O) groups is 2. The highest BCUT2D eigenvalue weighted by Crippen LogP contribution is 2.24. The molecule has 0 radical (unpaired) electrons. The van der Waals surface area contributed by atoms with E-state index in [1.165, 1.54) is 0 Å². The number of benzene rings is 2. The monoisotopic (exact) mass is 404 g/mol. The van der Waals surface area contributed by atoms with Gasteiger partial charge in [0.25, 0.3) is 0 Å². The quantitative estimate of drug-likeness (QED) is 0.590.